The molecule has 2 aromatic rings. The summed E-state index contributed by atoms with van der Waals surface area (Å²) in [5, 5.41) is 0. The van der Waals surface area contributed by atoms with E-state index in [1.54, 1.807) is 48.5 Å². The summed E-state index contributed by atoms with van der Waals surface area (Å²) in [6.07, 6.45) is 27.8. The number of rotatable bonds is 38. The van der Waals surface area contributed by atoms with Crippen LogP contribution in [0, 0.1) is 0 Å². The average molecular weight is 843 g/mol. The topological polar surface area (TPSA) is 125 Å². The van der Waals surface area contributed by atoms with Gasteiger partial charge in [-0.1, -0.05) is 168 Å². The van der Waals surface area contributed by atoms with Crippen LogP contribution in [-0.4, -0.2) is 44.9 Å². The fourth-order valence-electron chi connectivity index (χ4n) is 6.90. The van der Waals surface area contributed by atoms with E-state index < -0.39 is 30.7 Å². The lowest BCUT2D eigenvalue weighted by atomic mass is 10.0. The van der Waals surface area contributed by atoms with Gasteiger partial charge in [0.2, 0.25) is 12.6 Å². The van der Waals surface area contributed by atoms with E-state index in [9.17, 15) is 14.4 Å². The number of carbonyl (C=O) groups excluding carboxylic acids is 3. The van der Waals surface area contributed by atoms with Crippen LogP contribution in [0.2, 0.25) is 0 Å². The van der Waals surface area contributed by atoms with Crippen LogP contribution in [0.1, 0.15) is 214 Å². The first-order valence-electron chi connectivity index (χ1n) is 23.3. The third kappa shape index (κ3) is 26.4. The maximum Gasteiger partial charge on any atom is 0.513 e. The SMILES string of the molecule is CCCCCCCCCCCCCCCC(OOC(=O)c1ccc(OC)cc1)OC(=O)OC(CCCCCCCCCCCCCCC)OOC(=O)c1ccc(OC)cc1. The van der Waals surface area contributed by atoms with Gasteiger partial charge in [0.05, 0.1) is 25.3 Å². The predicted molar refractivity (Wildman–Crippen MR) is 235 cm³/mol. The Morgan fingerprint density at radius 3 is 0.933 bits per heavy atom. The van der Waals surface area contributed by atoms with Crippen LogP contribution < -0.4 is 9.47 Å². The first-order chi connectivity index (χ1) is 29.4. The van der Waals surface area contributed by atoms with Crippen LogP contribution in [0.3, 0.4) is 0 Å². The molecule has 0 radical (unpaired) electrons. The molecule has 2 atom stereocenters. The Labute approximate surface area is 361 Å². The molecule has 0 N–H and O–H groups in total. The highest BCUT2D eigenvalue weighted by atomic mass is 17.2. The Bertz CT molecular complexity index is 1250. The minimum Gasteiger partial charge on any atom is -0.497 e. The van der Waals surface area contributed by atoms with Crippen molar-refractivity contribution in [3.8, 4) is 11.5 Å². The first-order valence-corrected chi connectivity index (χ1v) is 23.3. The summed E-state index contributed by atoms with van der Waals surface area (Å²) in [7, 11) is 3.07. The second-order valence-electron chi connectivity index (χ2n) is 15.8. The molecule has 0 aliphatic carbocycles. The van der Waals surface area contributed by atoms with Crippen LogP contribution >= 0.6 is 0 Å². The van der Waals surface area contributed by atoms with Crippen molar-refractivity contribution in [2.45, 2.75) is 206 Å². The standard InChI is InChI=1S/C49H78O11/c1-5-7-9-11-13-15-17-19-21-23-25-27-29-31-45(57-59-47(50)41-33-37-43(53-3)38-34-41)55-49(52)56-46(58-60-48(51)42-35-39-44(54-4)40-36-42)32-30-28-26-24-22-20-18-16-14-12-10-8-6-2/h33-40,45-46H,5-32H2,1-4H3. The summed E-state index contributed by atoms with van der Waals surface area (Å²) in [6.45, 7) is 4.49. The summed E-state index contributed by atoms with van der Waals surface area (Å²) in [6, 6.07) is 12.7. The molecule has 0 spiro atoms. The number of benzene rings is 2. The van der Waals surface area contributed by atoms with E-state index in [1.807, 2.05) is 0 Å². The quantitative estimate of drug-likeness (QED) is 0.0211. The van der Waals surface area contributed by atoms with Gasteiger partial charge in [-0.3, -0.25) is 9.78 Å². The number of hydrogen-bond acceptors (Lipinski definition) is 11. The molecule has 340 valence electrons. The average Bonchev–Trinajstić information content (AvgIpc) is 3.27. The molecule has 0 bridgehead atoms. The number of ether oxygens (including phenoxy) is 4. The highest BCUT2D eigenvalue weighted by molar-refractivity contribution is 5.89. The van der Waals surface area contributed by atoms with Gasteiger partial charge in [-0.15, -0.1) is 9.78 Å². The lowest BCUT2D eigenvalue weighted by Gasteiger charge is -2.20. The monoisotopic (exact) mass is 843 g/mol. The largest absolute Gasteiger partial charge is 0.513 e. The van der Waals surface area contributed by atoms with Crippen LogP contribution in [0.25, 0.3) is 0 Å². The van der Waals surface area contributed by atoms with Crippen molar-refractivity contribution in [3.05, 3.63) is 59.7 Å². The van der Waals surface area contributed by atoms with Gasteiger partial charge in [-0.2, -0.15) is 0 Å². The molecule has 0 aliphatic heterocycles. The Hall–Kier alpha value is -3.83. The van der Waals surface area contributed by atoms with Crippen molar-refractivity contribution in [2.75, 3.05) is 14.2 Å². The van der Waals surface area contributed by atoms with Crippen molar-refractivity contribution >= 4 is 18.1 Å². The van der Waals surface area contributed by atoms with E-state index in [0.717, 1.165) is 38.5 Å². The smallest absolute Gasteiger partial charge is 0.497 e. The normalized spacial score (nSPS) is 12.1. The Kier molecular flexibility index (Phi) is 31.3. The van der Waals surface area contributed by atoms with E-state index in [1.165, 1.54) is 130 Å². The van der Waals surface area contributed by atoms with Crippen molar-refractivity contribution in [1.82, 2.24) is 0 Å². The van der Waals surface area contributed by atoms with Crippen molar-refractivity contribution in [1.29, 1.82) is 0 Å². The number of carbonyl (C=O) groups is 3. The first kappa shape index (κ1) is 52.3. The Balaban J connectivity index is 1.90. The molecule has 0 saturated carbocycles. The molecule has 0 aromatic heterocycles. The van der Waals surface area contributed by atoms with E-state index in [0.29, 0.717) is 24.3 Å². The minimum absolute atomic E-state index is 0.239. The zero-order valence-corrected chi connectivity index (χ0v) is 37.6. The van der Waals surface area contributed by atoms with Crippen LogP contribution in [0.5, 0.6) is 11.5 Å². The molecular formula is C49H78O11. The number of methoxy groups -OCH3 is 2. The van der Waals surface area contributed by atoms with Gasteiger partial charge in [-0.25, -0.2) is 14.4 Å². The van der Waals surface area contributed by atoms with Crippen LogP contribution in [0.4, 0.5) is 4.79 Å². The molecule has 0 saturated heterocycles. The number of unbranched alkanes of at least 4 members (excludes halogenated alkanes) is 24. The van der Waals surface area contributed by atoms with Crippen LogP contribution in [0.15, 0.2) is 48.5 Å². The summed E-state index contributed by atoms with van der Waals surface area (Å²) in [4.78, 5) is 59.7. The minimum atomic E-state index is -1.23. The molecule has 0 aliphatic rings. The van der Waals surface area contributed by atoms with Gasteiger partial charge in [0.25, 0.3) is 0 Å². The highest BCUT2D eigenvalue weighted by Crippen LogP contribution is 2.20. The molecular weight excluding hydrogens is 765 g/mol. The van der Waals surface area contributed by atoms with Crippen molar-refractivity contribution in [3.63, 3.8) is 0 Å². The van der Waals surface area contributed by atoms with Gasteiger partial charge < -0.3 is 18.9 Å². The summed E-state index contributed by atoms with van der Waals surface area (Å²) in [5.41, 5.74) is 0.478. The van der Waals surface area contributed by atoms with Gasteiger partial charge in [0.15, 0.2) is 0 Å². The highest BCUT2D eigenvalue weighted by Gasteiger charge is 2.25. The van der Waals surface area contributed by atoms with Gasteiger partial charge >= 0.3 is 18.1 Å². The summed E-state index contributed by atoms with van der Waals surface area (Å²) >= 11 is 0. The van der Waals surface area contributed by atoms with Crippen molar-refractivity contribution < 1.29 is 52.9 Å². The third-order valence-electron chi connectivity index (χ3n) is 10.7. The molecule has 60 heavy (non-hydrogen) atoms. The number of hydrogen-bond donors (Lipinski definition) is 0. The molecule has 0 amide bonds. The van der Waals surface area contributed by atoms with Gasteiger partial charge in [0, 0.05) is 12.8 Å². The second-order valence-corrected chi connectivity index (χ2v) is 15.8. The maximum atomic E-state index is 13.2. The Morgan fingerprint density at radius 1 is 0.400 bits per heavy atom. The molecule has 11 nitrogen and oxygen atoms in total. The molecule has 2 rings (SSSR count). The van der Waals surface area contributed by atoms with E-state index in [-0.39, 0.29) is 24.0 Å². The zero-order chi connectivity index (χ0) is 43.3. The zero-order valence-electron chi connectivity index (χ0n) is 37.6. The lowest BCUT2D eigenvalue weighted by molar-refractivity contribution is -0.348. The lowest BCUT2D eigenvalue weighted by Crippen LogP contribution is -2.28. The molecule has 0 fully saturated rings. The second kappa shape index (κ2) is 35.9. The van der Waals surface area contributed by atoms with Gasteiger partial charge in [0.1, 0.15) is 11.5 Å². The third-order valence-corrected chi connectivity index (χ3v) is 10.7. The Morgan fingerprint density at radius 2 is 0.667 bits per heavy atom. The predicted octanol–water partition coefficient (Wildman–Crippen LogP) is 14.3. The van der Waals surface area contributed by atoms with Crippen LogP contribution in [-0.2, 0) is 29.0 Å². The molecule has 2 aromatic carbocycles. The molecule has 0 heterocycles. The van der Waals surface area contributed by atoms with E-state index in [4.69, 9.17) is 38.5 Å². The fourth-order valence-corrected chi connectivity index (χ4v) is 6.90. The summed E-state index contributed by atoms with van der Waals surface area (Å²) in [5.74, 6) is -0.328. The van der Waals surface area contributed by atoms with E-state index in [2.05, 4.69) is 13.8 Å². The van der Waals surface area contributed by atoms with E-state index >= 15 is 0 Å². The van der Waals surface area contributed by atoms with Crippen molar-refractivity contribution in [2.24, 2.45) is 0 Å². The summed E-state index contributed by atoms with van der Waals surface area (Å²) < 4.78 is 21.4. The molecule has 2 unspecified atom stereocenters. The molecule has 11 heteroatoms. The van der Waals surface area contributed by atoms with Gasteiger partial charge in [-0.05, 0) is 61.4 Å². The fraction of sp³-hybridized carbons (Fsp3) is 0.694. The maximum absolute atomic E-state index is 13.2.